The Morgan fingerprint density at radius 2 is 1.75 bits per heavy atom. The largest absolute Gasteiger partial charge is 0.354 e. The molecule has 0 saturated carbocycles. The average molecular weight is 456 g/mol. The molecular weight excluding hydrogens is 426 g/mol. The number of fused-ring (bicyclic) bond motifs is 1. The number of amides is 2. The van der Waals surface area contributed by atoms with Crippen LogP contribution in [-0.2, 0) is 32.5 Å². The fourth-order valence-corrected chi connectivity index (χ4v) is 6.04. The number of aryl methyl sites for hydroxylation is 1. The van der Waals surface area contributed by atoms with E-state index in [1.54, 1.807) is 18.2 Å². The fraction of sp³-hybridized carbons (Fsp3) is 0.417. The van der Waals surface area contributed by atoms with E-state index in [4.69, 9.17) is 0 Å². The maximum absolute atomic E-state index is 12.9. The van der Waals surface area contributed by atoms with Crippen molar-refractivity contribution < 1.29 is 18.0 Å². The molecule has 2 heterocycles. The number of carbonyl (C=O) groups excluding carboxylic acids is 2. The first-order valence-corrected chi connectivity index (χ1v) is 12.5. The molecule has 7 nitrogen and oxygen atoms in total. The van der Waals surface area contributed by atoms with Crippen molar-refractivity contribution in [1.82, 2.24) is 9.62 Å². The highest BCUT2D eigenvalue weighted by Gasteiger charge is 2.38. The lowest BCUT2D eigenvalue weighted by atomic mass is 10.1. The number of nitrogens with zero attached hydrogens (tertiary/aromatic N) is 2. The van der Waals surface area contributed by atoms with Crippen molar-refractivity contribution in [1.29, 1.82) is 0 Å². The normalized spacial score (nSPS) is 18.6. The van der Waals surface area contributed by atoms with E-state index >= 15 is 0 Å². The molecule has 2 amide bonds. The van der Waals surface area contributed by atoms with E-state index in [0.29, 0.717) is 43.7 Å². The summed E-state index contributed by atoms with van der Waals surface area (Å²) in [6, 6.07) is 12.3. The van der Waals surface area contributed by atoms with E-state index in [-0.39, 0.29) is 16.7 Å². The predicted octanol–water partition coefficient (Wildman–Crippen LogP) is 2.42. The van der Waals surface area contributed by atoms with Gasteiger partial charge in [0.15, 0.2) is 0 Å². The van der Waals surface area contributed by atoms with Gasteiger partial charge in [0.1, 0.15) is 6.04 Å². The van der Waals surface area contributed by atoms with Gasteiger partial charge in [-0.2, -0.15) is 4.31 Å². The van der Waals surface area contributed by atoms with Gasteiger partial charge in [-0.1, -0.05) is 29.8 Å². The molecular formula is C24H29N3O4S. The lowest BCUT2D eigenvalue weighted by molar-refractivity contribution is -0.125. The van der Waals surface area contributed by atoms with Gasteiger partial charge in [0.2, 0.25) is 21.8 Å². The summed E-state index contributed by atoms with van der Waals surface area (Å²) < 4.78 is 27.4. The summed E-state index contributed by atoms with van der Waals surface area (Å²) in [4.78, 5) is 27.0. The Morgan fingerprint density at radius 1 is 1.06 bits per heavy atom. The van der Waals surface area contributed by atoms with Gasteiger partial charge < -0.3 is 5.32 Å². The van der Waals surface area contributed by atoms with Crippen LogP contribution in [0.5, 0.6) is 0 Å². The van der Waals surface area contributed by atoms with E-state index in [1.165, 1.54) is 21.7 Å². The van der Waals surface area contributed by atoms with E-state index in [9.17, 15) is 18.0 Å². The van der Waals surface area contributed by atoms with Gasteiger partial charge in [-0.25, -0.2) is 8.42 Å². The summed E-state index contributed by atoms with van der Waals surface area (Å²) in [5.41, 5.74) is 3.63. The zero-order valence-electron chi connectivity index (χ0n) is 18.5. The predicted molar refractivity (Wildman–Crippen MR) is 123 cm³/mol. The smallest absolute Gasteiger partial charge is 0.243 e. The van der Waals surface area contributed by atoms with E-state index in [1.807, 2.05) is 31.2 Å². The van der Waals surface area contributed by atoms with Crippen LogP contribution in [0.3, 0.4) is 0 Å². The van der Waals surface area contributed by atoms with Crippen LogP contribution >= 0.6 is 0 Å². The van der Waals surface area contributed by atoms with Crippen LogP contribution in [0, 0.1) is 6.92 Å². The zero-order chi connectivity index (χ0) is 22.9. The topological polar surface area (TPSA) is 86.8 Å². The van der Waals surface area contributed by atoms with Gasteiger partial charge in [-0.3, -0.25) is 14.5 Å². The molecule has 1 unspecified atom stereocenters. The summed E-state index contributed by atoms with van der Waals surface area (Å²) in [6.07, 6.45) is 2.73. The molecule has 2 aromatic rings. The van der Waals surface area contributed by atoms with E-state index in [2.05, 4.69) is 5.32 Å². The first-order valence-electron chi connectivity index (χ1n) is 11.0. The SMILES string of the molecule is CC(=O)N1c2ccc(S(=O)(=O)N3CCCC3)cc2CC1C(=O)NCCc1ccc(C)cc1. The van der Waals surface area contributed by atoms with Crippen LogP contribution < -0.4 is 10.2 Å². The molecule has 170 valence electrons. The second-order valence-corrected chi connectivity index (χ2v) is 10.5. The molecule has 1 fully saturated rings. The molecule has 0 bridgehead atoms. The number of hydrogen-bond donors (Lipinski definition) is 1. The number of nitrogens with one attached hydrogen (secondary N) is 1. The zero-order valence-corrected chi connectivity index (χ0v) is 19.3. The third kappa shape index (κ3) is 4.42. The van der Waals surface area contributed by atoms with Gasteiger partial charge >= 0.3 is 0 Å². The number of sulfonamides is 1. The number of carbonyl (C=O) groups is 2. The molecule has 2 aromatic carbocycles. The molecule has 8 heteroatoms. The molecule has 0 aromatic heterocycles. The van der Waals surface area contributed by atoms with Crippen molar-refractivity contribution in [2.24, 2.45) is 0 Å². The number of anilines is 1. The summed E-state index contributed by atoms with van der Waals surface area (Å²) in [6.45, 7) is 4.99. The highest BCUT2D eigenvalue weighted by Crippen LogP contribution is 2.35. The van der Waals surface area contributed by atoms with Crippen molar-refractivity contribution in [2.75, 3.05) is 24.5 Å². The van der Waals surface area contributed by atoms with Crippen molar-refractivity contribution >= 4 is 27.5 Å². The number of hydrogen-bond acceptors (Lipinski definition) is 4. The Kier molecular flexibility index (Phi) is 6.35. The van der Waals surface area contributed by atoms with Gasteiger partial charge in [0.05, 0.1) is 4.90 Å². The molecule has 32 heavy (non-hydrogen) atoms. The molecule has 1 atom stereocenters. The molecule has 1 N–H and O–H groups in total. The average Bonchev–Trinajstić information content (AvgIpc) is 3.43. The Bertz CT molecular complexity index is 1120. The lowest BCUT2D eigenvalue weighted by Crippen LogP contribution is -2.47. The highest BCUT2D eigenvalue weighted by atomic mass is 32.2. The fourth-order valence-electron chi connectivity index (χ4n) is 4.47. The maximum atomic E-state index is 12.9. The van der Waals surface area contributed by atoms with Crippen LogP contribution in [0.4, 0.5) is 5.69 Å². The highest BCUT2D eigenvalue weighted by molar-refractivity contribution is 7.89. The van der Waals surface area contributed by atoms with Crippen LogP contribution in [-0.4, -0.2) is 50.2 Å². The summed E-state index contributed by atoms with van der Waals surface area (Å²) in [5, 5.41) is 2.94. The molecule has 2 aliphatic rings. The quantitative estimate of drug-likeness (QED) is 0.725. The Labute approximate surface area is 189 Å². The van der Waals surface area contributed by atoms with E-state index in [0.717, 1.165) is 18.4 Å². The standard InChI is InChI=1S/C24H29N3O4S/c1-17-5-7-19(8-6-17)11-12-25-24(29)23-16-20-15-21(9-10-22(20)27(23)18(2)28)32(30,31)26-13-3-4-14-26/h5-10,15,23H,3-4,11-14,16H2,1-2H3,(H,25,29). The Hall–Kier alpha value is -2.71. The van der Waals surface area contributed by atoms with Crippen molar-refractivity contribution in [3.63, 3.8) is 0 Å². The first-order chi connectivity index (χ1) is 15.3. The van der Waals surface area contributed by atoms with Gasteiger partial charge in [0.25, 0.3) is 0 Å². The Balaban J connectivity index is 1.48. The number of benzene rings is 2. The van der Waals surface area contributed by atoms with Gasteiger partial charge in [-0.15, -0.1) is 0 Å². The minimum atomic E-state index is -3.55. The lowest BCUT2D eigenvalue weighted by Gasteiger charge is -2.23. The molecule has 0 spiro atoms. The summed E-state index contributed by atoms with van der Waals surface area (Å²) in [7, 11) is -3.55. The Morgan fingerprint density at radius 3 is 2.41 bits per heavy atom. The second-order valence-electron chi connectivity index (χ2n) is 8.54. The van der Waals surface area contributed by atoms with Crippen molar-refractivity contribution in [3.8, 4) is 0 Å². The molecule has 1 saturated heterocycles. The molecule has 4 rings (SSSR count). The van der Waals surface area contributed by atoms with Crippen LogP contribution in [0.15, 0.2) is 47.4 Å². The van der Waals surface area contributed by atoms with Crippen LogP contribution in [0.2, 0.25) is 0 Å². The third-order valence-electron chi connectivity index (χ3n) is 6.21. The molecule has 0 aliphatic carbocycles. The van der Waals surface area contributed by atoms with Crippen molar-refractivity contribution in [3.05, 3.63) is 59.2 Å². The number of rotatable bonds is 6. The second kappa shape index (κ2) is 9.03. The maximum Gasteiger partial charge on any atom is 0.243 e. The summed E-state index contributed by atoms with van der Waals surface area (Å²) in [5.74, 6) is -0.468. The van der Waals surface area contributed by atoms with Gasteiger partial charge in [-0.05, 0) is 55.5 Å². The van der Waals surface area contributed by atoms with Gasteiger partial charge in [0, 0.05) is 38.7 Å². The van der Waals surface area contributed by atoms with Crippen LogP contribution in [0.1, 0.15) is 36.5 Å². The summed E-state index contributed by atoms with van der Waals surface area (Å²) >= 11 is 0. The van der Waals surface area contributed by atoms with E-state index < -0.39 is 16.1 Å². The first kappa shape index (κ1) is 22.5. The minimum Gasteiger partial charge on any atom is -0.354 e. The minimum absolute atomic E-state index is 0.224. The van der Waals surface area contributed by atoms with Crippen molar-refractivity contribution in [2.45, 2.75) is 50.5 Å². The third-order valence-corrected chi connectivity index (χ3v) is 8.11. The van der Waals surface area contributed by atoms with Crippen LogP contribution in [0.25, 0.3) is 0 Å². The molecule has 2 aliphatic heterocycles. The molecule has 0 radical (unpaired) electrons. The monoisotopic (exact) mass is 455 g/mol.